The van der Waals surface area contributed by atoms with Gasteiger partial charge in [0.05, 0.1) is 16.3 Å². The number of thioether (sulfide) groups is 1. The van der Waals surface area contributed by atoms with Gasteiger partial charge < -0.3 is 11.1 Å². The quantitative estimate of drug-likeness (QED) is 0.791. The van der Waals surface area contributed by atoms with E-state index in [0.29, 0.717) is 10.2 Å². The molecule has 0 fully saturated rings. The SMILES string of the molecule is Cc1nc(N)sc1C1=CSC(N)(c2cccc(Cl)c2)N1. The van der Waals surface area contributed by atoms with Crippen LogP contribution in [0.2, 0.25) is 5.02 Å². The lowest BCUT2D eigenvalue weighted by molar-refractivity contribution is 0.610. The maximum absolute atomic E-state index is 6.43. The Morgan fingerprint density at radius 2 is 2.20 bits per heavy atom. The number of nitrogens with zero attached hydrogens (tertiary/aromatic N) is 1. The van der Waals surface area contributed by atoms with Gasteiger partial charge in [-0.2, -0.15) is 0 Å². The molecule has 104 valence electrons. The van der Waals surface area contributed by atoms with Gasteiger partial charge in [0.15, 0.2) is 10.1 Å². The fourth-order valence-corrected chi connectivity index (χ4v) is 4.03. The highest BCUT2D eigenvalue weighted by Gasteiger charge is 2.34. The average Bonchev–Trinajstić information content (AvgIpc) is 2.94. The van der Waals surface area contributed by atoms with Crippen LogP contribution in [-0.2, 0) is 4.99 Å². The van der Waals surface area contributed by atoms with E-state index in [1.807, 2.05) is 36.6 Å². The average molecular weight is 325 g/mol. The van der Waals surface area contributed by atoms with Crippen LogP contribution >= 0.6 is 34.7 Å². The number of hydrogen-bond acceptors (Lipinski definition) is 6. The van der Waals surface area contributed by atoms with Crippen molar-refractivity contribution in [2.75, 3.05) is 5.73 Å². The van der Waals surface area contributed by atoms with Crippen LogP contribution in [0.15, 0.2) is 29.7 Å². The van der Waals surface area contributed by atoms with Gasteiger partial charge in [-0.3, -0.25) is 5.73 Å². The highest BCUT2D eigenvalue weighted by atomic mass is 35.5. The van der Waals surface area contributed by atoms with Crippen LogP contribution in [-0.4, -0.2) is 4.98 Å². The van der Waals surface area contributed by atoms with Gasteiger partial charge in [0.1, 0.15) is 0 Å². The van der Waals surface area contributed by atoms with Crippen molar-refractivity contribution in [2.24, 2.45) is 5.73 Å². The number of aryl methyl sites for hydroxylation is 1. The number of anilines is 1. The Balaban J connectivity index is 1.90. The van der Waals surface area contributed by atoms with E-state index in [1.54, 1.807) is 0 Å². The molecule has 0 radical (unpaired) electrons. The van der Waals surface area contributed by atoms with Gasteiger partial charge in [-0.25, -0.2) is 4.98 Å². The number of nitrogens with two attached hydrogens (primary N) is 2. The number of rotatable bonds is 2. The Bertz CT molecular complexity index is 697. The number of thiazole rings is 1. The summed E-state index contributed by atoms with van der Waals surface area (Å²) in [6, 6.07) is 7.54. The molecule has 1 aliphatic heterocycles. The first-order valence-electron chi connectivity index (χ1n) is 5.92. The van der Waals surface area contributed by atoms with Crippen molar-refractivity contribution in [2.45, 2.75) is 11.9 Å². The molecule has 0 amide bonds. The van der Waals surface area contributed by atoms with Crippen molar-refractivity contribution in [1.29, 1.82) is 0 Å². The normalized spacial score (nSPS) is 21.6. The molecule has 2 aromatic rings. The Kier molecular flexibility index (Phi) is 3.41. The number of aromatic nitrogens is 1. The molecular weight excluding hydrogens is 312 g/mol. The summed E-state index contributed by atoms with van der Waals surface area (Å²) in [5.41, 5.74) is 15.0. The largest absolute Gasteiger partial charge is 0.375 e. The molecule has 0 saturated carbocycles. The van der Waals surface area contributed by atoms with Crippen LogP contribution in [0.25, 0.3) is 5.70 Å². The van der Waals surface area contributed by atoms with E-state index in [0.717, 1.165) is 21.8 Å². The molecule has 0 bridgehead atoms. The van der Waals surface area contributed by atoms with E-state index in [4.69, 9.17) is 23.1 Å². The number of nitrogens with one attached hydrogen (secondary N) is 1. The third kappa shape index (κ3) is 2.40. The molecule has 4 nitrogen and oxygen atoms in total. The summed E-state index contributed by atoms with van der Waals surface area (Å²) in [6.45, 7) is 1.94. The molecule has 1 aromatic heterocycles. The van der Waals surface area contributed by atoms with Crippen LogP contribution in [0.4, 0.5) is 5.13 Å². The Hall–Kier alpha value is -1.21. The van der Waals surface area contributed by atoms with Gasteiger partial charge in [0.2, 0.25) is 0 Å². The highest BCUT2D eigenvalue weighted by Crippen LogP contribution is 2.41. The van der Waals surface area contributed by atoms with E-state index in [-0.39, 0.29) is 0 Å². The maximum atomic E-state index is 6.43. The molecular formula is C13H13ClN4S2. The van der Waals surface area contributed by atoms with Gasteiger partial charge in [0.25, 0.3) is 0 Å². The second-order valence-electron chi connectivity index (χ2n) is 4.49. The van der Waals surface area contributed by atoms with Crippen molar-refractivity contribution in [1.82, 2.24) is 10.3 Å². The first-order valence-corrected chi connectivity index (χ1v) is 8.00. The van der Waals surface area contributed by atoms with Crippen LogP contribution < -0.4 is 16.8 Å². The van der Waals surface area contributed by atoms with Gasteiger partial charge in [0, 0.05) is 10.6 Å². The van der Waals surface area contributed by atoms with Crippen molar-refractivity contribution >= 4 is 45.5 Å². The van der Waals surface area contributed by atoms with E-state index in [9.17, 15) is 0 Å². The zero-order valence-electron chi connectivity index (χ0n) is 10.7. The van der Waals surface area contributed by atoms with Crippen molar-refractivity contribution in [3.8, 4) is 0 Å². The summed E-state index contributed by atoms with van der Waals surface area (Å²) in [4.78, 5) is 4.54. The zero-order chi connectivity index (χ0) is 14.3. The molecule has 0 aliphatic carbocycles. The predicted octanol–water partition coefficient (Wildman–Crippen LogP) is 3.09. The smallest absolute Gasteiger partial charge is 0.180 e. The number of nitrogen functional groups attached to an aromatic ring is 1. The van der Waals surface area contributed by atoms with E-state index in [2.05, 4.69) is 10.3 Å². The summed E-state index contributed by atoms with van der Waals surface area (Å²) in [6.07, 6.45) is 0. The lowest BCUT2D eigenvalue weighted by Crippen LogP contribution is -2.43. The van der Waals surface area contributed by atoms with Crippen molar-refractivity contribution < 1.29 is 0 Å². The minimum Gasteiger partial charge on any atom is -0.375 e. The molecule has 3 rings (SSSR count). The molecule has 0 saturated heterocycles. The van der Waals surface area contributed by atoms with Gasteiger partial charge >= 0.3 is 0 Å². The van der Waals surface area contributed by atoms with Gasteiger partial charge in [-0.15, -0.1) is 0 Å². The summed E-state index contributed by atoms with van der Waals surface area (Å²) in [5.74, 6) is 0. The van der Waals surface area contributed by atoms with Crippen LogP contribution in [0.3, 0.4) is 0 Å². The number of hydrogen-bond donors (Lipinski definition) is 3. The molecule has 1 aromatic carbocycles. The third-order valence-corrected chi connectivity index (χ3v) is 5.31. The minimum atomic E-state index is -0.717. The lowest BCUT2D eigenvalue weighted by Gasteiger charge is -2.25. The standard InChI is InChI=1S/C13H13ClN4S2/c1-7-11(20-12(15)17-7)10-6-19-13(16,18-10)8-3-2-4-9(14)5-8/h2-6,18H,16H2,1H3,(H2,15,17). The molecule has 5 N–H and O–H groups in total. The van der Waals surface area contributed by atoms with Crippen LogP contribution in [0, 0.1) is 6.92 Å². The Labute approximate surface area is 130 Å². The van der Waals surface area contributed by atoms with Crippen LogP contribution in [0.5, 0.6) is 0 Å². The third-order valence-electron chi connectivity index (χ3n) is 2.99. The van der Waals surface area contributed by atoms with Gasteiger partial charge in [-0.05, 0) is 24.5 Å². The molecule has 1 unspecified atom stereocenters. The second-order valence-corrected chi connectivity index (χ2v) is 7.07. The van der Waals surface area contributed by atoms with Crippen molar-refractivity contribution in [3.05, 3.63) is 50.8 Å². The Morgan fingerprint density at radius 3 is 2.85 bits per heavy atom. The fraction of sp³-hybridized carbons (Fsp3) is 0.154. The summed E-state index contributed by atoms with van der Waals surface area (Å²) in [7, 11) is 0. The Morgan fingerprint density at radius 1 is 1.40 bits per heavy atom. The fourth-order valence-electron chi connectivity index (χ4n) is 2.05. The molecule has 20 heavy (non-hydrogen) atoms. The van der Waals surface area contributed by atoms with Crippen molar-refractivity contribution in [3.63, 3.8) is 0 Å². The van der Waals surface area contributed by atoms with E-state index in [1.165, 1.54) is 23.1 Å². The van der Waals surface area contributed by atoms with Gasteiger partial charge in [-0.1, -0.05) is 46.8 Å². The summed E-state index contributed by atoms with van der Waals surface area (Å²) in [5, 5.41) is 6.57. The highest BCUT2D eigenvalue weighted by molar-refractivity contribution is 8.03. The molecule has 0 spiro atoms. The number of halogens is 1. The minimum absolute atomic E-state index is 0.558. The molecule has 1 aliphatic rings. The van der Waals surface area contributed by atoms with E-state index >= 15 is 0 Å². The molecule has 7 heteroatoms. The lowest BCUT2D eigenvalue weighted by atomic mass is 10.1. The maximum Gasteiger partial charge on any atom is 0.180 e. The summed E-state index contributed by atoms with van der Waals surface area (Å²) < 4.78 is 0. The van der Waals surface area contributed by atoms with Crippen LogP contribution in [0.1, 0.15) is 16.1 Å². The molecule has 1 atom stereocenters. The van der Waals surface area contributed by atoms with E-state index < -0.39 is 4.99 Å². The first kappa shape index (κ1) is 13.8. The zero-order valence-corrected chi connectivity index (χ0v) is 13.1. The molecule has 2 heterocycles. The topological polar surface area (TPSA) is 77.0 Å². The monoisotopic (exact) mass is 324 g/mol. The predicted molar refractivity (Wildman–Crippen MR) is 87.3 cm³/mol. The second kappa shape index (κ2) is 4.96. The first-order chi connectivity index (χ1) is 9.48. The summed E-state index contributed by atoms with van der Waals surface area (Å²) >= 11 is 9.00. The number of benzene rings is 1.